The molecule has 2 aromatic rings. The highest BCUT2D eigenvalue weighted by Crippen LogP contribution is 2.31. The Morgan fingerprint density at radius 1 is 1.40 bits per heavy atom. The van der Waals surface area contributed by atoms with Crippen molar-refractivity contribution < 1.29 is 8.42 Å². The molecule has 0 radical (unpaired) electrons. The van der Waals surface area contributed by atoms with Crippen LogP contribution in [0.5, 0.6) is 0 Å². The molecule has 0 aromatic carbocycles. The zero-order chi connectivity index (χ0) is 15.0. The predicted molar refractivity (Wildman–Crippen MR) is 89.3 cm³/mol. The minimum Gasteiger partial charge on any atom is -0.210 e. The molecular formula is C13H16BrNO2S3. The van der Waals surface area contributed by atoms with Gasteiger partial charge in [0.25, 0.3) is 0 Å². The van der Waals surface area contributed by atoms with E-state index in [-0.39, 0.29) is 5.41 Å². The van der Waals surface area contributed by atoms with Gasteiger partial charge in [-0.2, -0.15) is 0 Å². The van der Waals surface area contributed by atoms with Crippen LogP contribution in [0, 0.1) is 6.92 Å². The molecule has 0 saturated heterocycles. The first-order valence-electron chi connectivity index (χ1n) is 6.02. The third-order valence-corrected chi connectivity index (χ3v) is 7.47. The predicted octanol–water partition coefficient (Wildman–Crippen LogP) is 4.14. The molecule has 0 aliphatic heterocycles. The number of aryl methyl sites for hydroxylation is 1. The van der Waals surface area contributed by atoms with E-state index < -0.39 is 10.0 Å². The Hall–Kier alpha value is -0.210. The van der Waals surface area contributed by atoms with Crippen LogP contribution in [0.15, 0.2) is 32.3 Å². The van der Waals surface area contributed by atoms with Crippen LogP contribution >= 0.6 is 38.6 Å². The fourth-order valence-electron chi connectivity index (χ4n) is 1.80. The summed E-state index contributed by atoms with van der Waals surface area (Å²) < 4.78 is 28.3. The van der Waals surface area contributed by atoms with Crippen LogP contribution in [0.3, 0.4) is 0 Å². The molecule has 2 aromatic heterocycles. The maximum atomic E-state index is 12.4. The van der Waals surface area contributed by atoms with Gasteiger partial charge in [0, 0.05) is 21.7 Å². The van der Waals surface area contributed by atoms with Crippen LogP contribution in [0.4, 0.5) is 0 Å². The number of hydrogen-bond acceptors (Lipinski definition) is 4. The highest BCUT2D eigenvalue weighted by molar-refractivity contribution is 9.11. The van der Waals surface area contributed by atoms with Crippen molar-refractivity contribution in [2.75, 3.05) is 6.54 Å². The molecule has 1 N–H and O–H groups in total. The van der Waals surface area contributed by atoms with E-state index >= 15 is 0 Å². The zero-order valence-corrected chi connectivity index (χ0v) is 15.5. The first kappa shape index (κ1) is 16.2. The molecule has 2 rings (SSSR count). The molecule has 7 heteroatoms. The van der Waals surface area contributed by atoms with Gasteiger partial charge >= 0.3 is 0 Å². The molecule has 0 fully saturated rings. The fourth-order valence-corrected chi connectivity index (χ4v) is 6.28. The van der Waals surface area contributed by atoms with Gasteiger partial charge in [0.05, 0.1) is 8.68 Å². The first-order valence-corrected chi connectivity index (χ1v) is 9.99. The Morgan fingerprint density at radius 3 is 2.60 bits per heavy atom. The molecule has 0 unspecified atom stereocenters. The maximum absolute atomic E-state index is 12.4. The molecule has 0 bridgehead atoms. The van der Waals surface area contributed by atoms with Gasteiger partial charge < -0.3 is 0 Å². The minimum absolute atomic E-state index is 0.220. The lowest BCUT2D eigenvalue weighted by Crippen LogP contribution is -2.36. The van der Waals surface area contributed by atoms with E-state index in [0.717, 1.165) is 8.66 Å². The molecule has 20 heavy (non-hydrogen) atoms. The van der Waals surface area contributed by atoms with E-state index in [1.807, 2.05) is 38.3 Å². The Bertz CT molecular complexity index is 687. The van der Waals surface area contributed by atoms with Crippen LogP contribution in [0.1, 0.15) is 23.6 Å². The van der Waals surface area contributed by atoms with E-state index in [4.69, 9.17) is 0 Å². The number of nitrogens with one attached hydrogen (secondary N) is 1. The van der Waals surface area contributed by atoms with Gasteiger partial charge in [-0.1, -0.05) is 19.9 Å². The summed E-state index contributed by atoms with van der Waals surface area (Å²) in [6, 6.07) is 5.67. The van der Waals surface area contributed by atoms with Gasteiger partial charge in [-0.15, -0.1) is 22.7 Å². The van der Waals surface area contributed by atoms with E-state index in [1.54, 1.807) is 17.4 Å². The molecule has 0 atom stereocenters. The van der Waals surface area contributed by atoms with Crippen LogP contribution in [-0.2, 0) is 15.4 Å². The zero-order valence-electron chi connectivity index (χ0n) is 11.4. The molecule has 0 spiro atoms. The molecule has 110 valence electrons. The second kappa shape index (κ2) is 5.88. The highest BCUT2D eigenvalue weighted by Gasteiger charge is 2.26. The van der Waals surface area contributed by atoms with E-state index in [0.29, 0.717) is 11.4 Å². The summed E-state index contributed by atoms with van der Waals surface area (Å²) in [5.41, 5.74) is -0.220. The quantitative estimate of drug-likeness (QED) is 0.829. The van der Waals surface area contributed by atoms with Crippen LogP contribution in [0.2, 0.25) is 0 Å². The number of rotatable bonds is 5. The topological polar surface area (TPSA) is 46.2 Å². The van der Waals surface area contributed by atoms with E-state index in [9.17, 15) is 8.42 Å². The summed E-state index contributed by atoms with van der Waals surface area (Å²) in [4.78, 5) is 2.32. The van der Waals surface area contributed by atoms with Crippen molar-refractivity contribution >= 4 is 48.6 Å². The Kier molecular flexibility index (Phi) is 4.76. The van der Waals surface area contributed by atoms with Gasteiger partial charge in [-0.05, 0) is 40.4 Å². The Morgan fingerprint density at radius 2 is 2.10 bits per heavy atom. The second-order valence-corrected chi connectivity index (χ2v) is 10.5. The molecule has 0 aliphatic rings. The lowest BCUT2D eigenvalue weighted by Gasteiger charge is -2.23. The lowest BCUT2D eigenvalue weighted by molar-refractivity contribution is 0.509. The maximum Gasteiger partial charge on any atom is 0.241 e. The average molecular weight is 394 g/mol. The van der Waals surface area contributed by atoms with Gasteiger partial charge in [0.1, 0.15) is 0 Å². The average Bonchev–Trinajstić information content (AvgIpc) is 2.97. The number of hydrogen-bond donors (Lipinski definition) is 1. The highest BCUT2D eigenvalue weighted by atomic mass is 79.9. The standard InChI is InChI=1S/C13H16BrNO2S3/c1-9-10(7-12(14)19-9)20(16,17)15-8-13(2,3)11-5-4-6-18-11/h4-7,15H,8H2,1-3H3. The molecule has 2 heterocycles. The Balaban J connectivity index is 2.16. The normalized spacial score (nSPS) is 12.8. The number of sulfonamides is 1. The van der Waals surface area contributed by atoms with Crippen molar-refractivity contribution in [3.05, 3.63) is 37.1 Å². The summed E-state index contributed by atoms with van der Waals surface area (Å²) >= 11 is 6.40. The smallest absolute Gasteiger partial charge is 0.210 e. The van der Waals surface area contributed by atoms with Crippen molar-refractivity contribution in [1.82, 2.24) is 4.72 Å². The molecule has 3 nitrogen and oxygen atoms in total. The van der Waals surface area contributed by atoms with E-state index in [1.165, 1.54) is 16.2 Å². The van der Waals surface area contributed by atoms with Gasteiger partial charge in [-0.25, -0.2) is 13.1 Å². The van der Waals surface area contributed by atoms with Crippen LogP contribution in [-0.4, -0.2) is 15.0 Å². The molecule has 0 amide bonds. The summed E-state index contributed by atoms with van der Waals surface area (Å²) in [6.07, 6.45) is 0. The molecular weight excluding hydrogens is 378 g/mol. The summed E-state index contributed by atoms with van der Waals surface area (Å²) in [5, 5.41) is 2.01. The van der Waals surface area contributed by atoms with Crippen molar-refractivity contribution in [2.45, 2.75) is 31.1 Å². The molecule has 0 aliphatic carbocycles. The summed E-state index contributed by atoms with van der Waals surface area (Å²) in [6.45, 7) is 6.27. The molecule has 0 saturated carbocycles. The summed E-state index contributed by atoms with van der Waals surface area (Å²) in [5.74, 6) is 0. The number of halogens is 1. The van der Waals surface area contributed by atoms with Crippen molar-refractivity contribution in [2.24, 2.45) is 0 Å². The van der Waals surface area contributed by atoms with Gasteiger partial charge in [0.15, 0.2) is 0 Å². The number of thiophene rings is 2. The van der Waals surface area contributed by atoms with Crippen molar-refractivity contribution in [1.29, 1.82) is 0 Å². The van der Waals surface area contributed by atoms with Gasteiger partial charge in [-0.3, -0.25) is 0 Å². The van der Waals surface area contributed by atoms with Crippen molar-refractivity contribution in [3.63, 3.8) is 0 Å². The first-order chi connectivity index (χ1) is 9.22. The Labute approximate surface area is 136 Å². The minimum atomic E-state index is -3.46. The van der Waals surface area contributed by atoms with Gasteiger partial charge in [0.2, 0.25) is 10.0 Å². The third-order valence-electron chi connectivity index (χ3n) is 3.02. The largest absolute Gasteiger partial charge is 0.241 e. The second-order valence-electron chi connectivity index (χ2n) is 5.16. The van der Waals surface area contributed by atoms with Crippen molar-refractivity contribution in [3.8, 4) is 0 Å². The van der Waals surface area contributed by atoms with E-state index in [2.05, 4.69) is 20.7 Å². The summed E-state index contributed by atoms with van der Waals surface area (Å²) in [7, 11) is -3.46. The lowest BCUT2D eigenvalue weighted by atomic mass is 9.92. The third kappa shape index (κ3) is 3.51. The monoisotopic (exact) mass is 393 g/mol. The van der Waals surface area contributed by atoms with Crippen LogP contribution in [0.25, 0.3) is 0 Å². The fraction of sp³-hybridized carbons (Fsp3) is 0.385. The SMILES string of the molecule is Cc1sc(Br)cc1S(=O)(=O)NCC(C)(C)c1cccs1. The van der Waals surface area contributed by atoms with Crippen LogP contribution < -0.4 is 4.72 Å².